The third-order valence-electron chi connectivity index (χ3n) is 4.00. The molecule has 0 bridgehead atoms. The van der Waals surface area contributed by atoms with Crippen LogP contribution in [0, 0.1) is 5.92 Å². The Kier molecular flexibility index (Phi) is 4.86. The molecule has 0 radical (unpaired) electrons. The van der Waals surface area contributed by atoms with E-state index >= 15 is 0 Å². The summed E-state index contributed by atoms with van der Waals surface area (Å²) in [6.07, 6.45) is 5.48. The molecular formula is C15H22BNO. The van der Waals surface area contributed by atoms with Crippen molar-refractivity contribution in [2.45, 2.75) is 44.9 Å². The van der Waals surface area contributed by atoms with Gasteiger partial charge in [-0.2, -0.15) is 0 Å². The highest BCUT2D eigenvalue weighted by Gasteiger charge is 2.22. The van der Waals surface area contributed by atoms with Gasteiger partial charge < -0.3 is 5.32 Å². The first-order valence-corrected chi connectivity index (χ1v) is 7.11. The molecule has 2 rings (SSSR count). The number of rotatable bonds is 4. The van der Waals surface area contributed by atoms with Gasteiger partial charge >= 0.3 is 0 Å². The number of nitrogens with one attached hydrogen (secondary N) is 1. The summed E-state index contributed by atoms with van der Waals surface area (Å²) >= 11 is 0. The largest absolute Gasteiger partial charge is 0.361 e. The van der Waals surface area contributed by atoms with Crippen LogP contribution >= 0.6 is 0 Å². The lowest BCUT2D eigenvalue weighted by molar-refractivity contribution is -0.120. The van der Waals surface area contributed by atoms with Gasteiger partial charge in [0.05, 0.1) is 6.42 Å². The summed E-state index contributed by atoms with van der Waals surface area (Å²) in [5, 5.41) is 3.17. The summed E-state index contributed by atoms with van der Waals surface area (Å²) in [6, 6.07) is 9.96. The Morgan fingerprint density at radius 2 is 2.11 bits per heavy atom. The Balaban J connectivity index is 1.75. The van der Waals surface area contributed by atoms with Crippen LogP contribution in [-0.4, -0.2) is 19.1 Å². The number of carbonyl (C=O) groups excluding carboxylic acids is 1. The molecule has 1 aromatic rings. The normalized spacial score (nSPS) is 23.2. The minimum atomic E-state index is 0.168. The number of hydrogen-bond donors (Lipinski definition) is 1. The minimum absolute atomic E-state index is 0.168. The van der Waals surface area contributed by atoms with Crippen molar-refractivity contribution < 1.29 is 4.79 Å². The van der Waals surface area contributed by atoms with Gasteiger partial charge in [-0.15, -0.1) is 0 Å². The number of benzene rings is 1. The van der Waals surface area contributed by atoms with Gasteiger partial charge in [-0.1, -0.05) is 50.0 Å². The van der Waals surface area contributed by atoms with Crippen LogP contribution in [0.4, 0.5) is 0 Å². The van der Waals surface area contributed by atoms with Crippen molar-refractivity contribution in [2.75, 3.05) is 0 Å². The van der Waals surface area contributed by atoms with Gasteiger partial charge in [-0.25, -0.2) is 0 Å². The highest BCUT2D eigenvalue weighted by molar-refractivity contribution is 6.38. The monoisotopic (exact) mass is 243 g/mol. The maximum absolute atomic E-state index is 11.9. The van der Waals surface area contributed by atoms with Crippen LogP contribution in [0.1, 0.15) is 31.7 Å². The smallest absolute Gasteiger partial charge is 0.223 e. The van der Waals surface area contributed by atoms with E-state index in [2.05, 4.69) is 12.2 Å². The first kappa shape index (κ1) is 13.2. The van der Waals surface area contributed by atoms with E-state index in [-0.39, 0.29) is 5.91 Å². The fourth-order valence-electron chi connectivity index (χ4n) is 2.77. The van der Waals surface area contributed by atoms with Gasteiger partial charge in [0.2, 0.25) is 5.91 Å². The van der Waals surface area contributed by atoms with Crippen LogP contribution in [0.25, 0.3) is 0 Å². The Labute approximate surface area is 110 Å². The summed E-state index contributed by atoms with van der Waals surface area (Å²) in [6.45, 7) is 2.26. The average molecular weight is 243 g/mol. The van der Waals surface area contributed by atoms with Crippen LogP contribution in [0.5, 0.6) is 0 Å². The Morgan fingerprint density at radius 1 is 1.33 bits per heavy atom. The van der Waals surface area contributed by atoms with Crippen LogP contribution in [-0.2, 0) is 11.2 Å². The second-order valence-electron chi connectivity index (χ2n) is 5.36. The van der Waals surface area contributed by atoms with Crippen molar-refractivity contribution in [3.05, 3.63) is 35.9 Å². The van der Waals surface area contributed by atoms with Crippen molar-refractivity contribution in [1.82, 2.24) is 5.32 Å². The fourth-order valence-corrected chi connectivity index (χ4v) is 2.77. The van der Waals surface area contributed by atoms with Gasteiger partial charge in [-0.05, 0) is 24.3 Å². The van der Waals surface area contributed by atoms with E-state index < -0.39 is 0 Å². The molecule has 2 atom stereocenters. The van der Waals surface area contributed by atoms with Crippen LogP contribution < -0.4 is 5.32 Å². The molecule has 2 nitrogen and oxygen atoms in total. The molecule has 0 aromatic heterocycles. The van der Waals surface area contributed by atoms with Gasteiger partial charge in [0.25, 0.3) is 0 Å². The first-order chi connectivity index (χ1) is 8.78. The van der Waals surface area contributed by atoms with E-state index in [4.69, 9.17) is 0 Å². The lowest BCUT2D eigenvalue weighted by Gasteiger charge is -2.27. The third-order valence-corrected chi connectivity index (χ3v) is 4.00. The molecule has 0 spiro atoms. The molecular weight excluding hydrogens is 221 g/mol. The molecule has 1 N–H and O–H groups in total. The Morgan fingerprint density at radius 3 is 2.72 bits per heavy atom. The zero-order chi connectivity index (χ0) is 12.8. The van der Waals surface area contributed by atoms with E-state index in [1.807, 2.05) is 30.3 Å². The highest BCUT2D eigenvalue weighted by Crippen LogP contribution is 2.22. The average Bonchev–Trinajstić information content (AvgIpc) is 2.40. The predicted octanol–water partition coefficient (Wildman–Crippen LogP) is 2.35. The quantitative estimate of drug-likeness (QED) is 0.808. The maximum Gasteiger partial charge on any atom is 0.223 e. The van der Waals surface area contributed by atoms with Crippen LogP contribution in [0.3, 0.4) is 0 Å². The van der Waals surface area contributed by atoms with Gasteiger partial charge in [0.15, 0.2) is 0 Å². The lowest BCUT2D eigenvalue weighted by Crippen LogP contribution is -2.42. The second kappa shape index (κ2) is 6.62. The van der Waals surface area contributed by atoms with Crippen molar-refractivity contribution in [3.63, 3.8) is 0 Å². The van der Waals surface area contributed by atoms with E-state index in [1.54, 1.807) is 0 Å². The van der Waals surface area contributed by atoms with E-state index in [0.29, 0.717) is 12.4 Å². The van der Waals surface area contributed by atoms with E-state index in [9.17, 15) is 4.79 Å². The lowest BCUT2D eigenvalue weighted by atomic mass is 9.56. The molecule has 3 heteroatoms. The van der Waals surface area contributed by atoms with Crippen LogP contribution in [0.2, 0.25) is 6.32 Å². The van der Waals surface area contributed by atoms with Gasteiger partial charge in [0.1, 0.15) is 7.28 Å². The first-order valence-electron chi connectivity index (χ1n) is 7.11. The highest BCUT2D eigenvalue weighted by atomic mass is 16.1. The van der Waals surface area contributed by atoms with Gasteiger partial charge in [-0.3, -0.25) is 4.79 Å². The number of carbonyl (C=O) groups is 1. The van der Waals surface area contributed by atoms with Crippen molar-refractivity contribution in [2.24, 2.45) is 5.92 Å². The molecule has 18 heavy (non-hydrogen) atoms. The molecule has 1 amide bonds. The molecule has 2 unspecified atom stereocenters. The molecule has 1 fully saturated rings. The Hall–Kier alpha value is -1.25. The van der Waals surface area contributed by atoms with Crippen molar-refractivity contribution in [3.8, 4) is 0 Å². The van der Waals surface area contributed by atoms with Crippen molar-refractivity contribution >= 4 is 13.2 Å². The summed E-state index contributed by atoms with van der Waals surface area (Å²) in [5.41, 5.74) is 1.09. The molecule has 0 aliphatic carbocycles. The SMILES string of the molecule is CCC1CBC(NC(=O)Cc2ccccc2)CC1. The molecule has 1 aromatic carbocycles. The zero-order valence-electron chi connectivity index (χ0n) is 11.2. The van der Waals surface area contributed by atoms with Crippen LogP contribution in [0.15, 0.2) is 30.3 Å². The predicted molar refractivity (Wildman–Crippen MR) is 77.0 cm³/mol. The molecule has 1 heterocycles. The topological polar surface area (TPSA) is 29.1 Å². The summed E-state index contributed by atoms with van der Waals surface area (Å²) in [4.78, 5) is 11.9. The molecule has 1 aliphatic heterocycles. The van der Waals surface area contributed by atoms with E-state index in [1.165, 1.54) is 19.2 Å². The molecule has 1 saturated heterocycles. The Bertz CT molecular complexity index is 371. The summed E-state index contributed by atoms with van der Waals surface area (Å²) < 4.78 is 0. The minimum Gasteiger partial charge on any atom is -0.361 e. The van der Waals surface area contributed by atoms with Crippen molar-refractivity contribution in [1.29, 1.82) is 0 Å². The zero-order valence-corrected chi connectivity index (χ0v) is 11.2. The summed E-state index contributed by atoms with van der Waals surface area (Å²) in [5.74, 6) is 1.46. The molecule has 0 saturated carbocycles. The molecule has 96 valence electrons. The summed E-state index contributed by atoms with van der Waals surface area (Å²) in [7, 11) is 1.15. The fraction of sp³-hybridized carbons (Fsp3) is 0.533. The number of hydrogen-bond acceptors (Lipinski definition) is 1. The molecule has 1 aliphatic rings. The van der Waals surface area contributed by atoms with Gasteiger partial charge in [0, 0.05) is 5.94 Å². The standard InChI is InChI=1S/C15H22BNO/c1-2-12-8-9-14(16-11-12)17-15(18)10-13-6-4-3-5-7-13/h3-7,12,14,16H,2,8-11H2,1H3,(H,17,18). The number of amides is 1. The third kappa shape index (κ3) is 3.90. The second-order valence-corrected chi connectivity index (χ2v) is 5.36. The maximum atomic E-state index is 11.9. The van der Waals surface area contributed by atoms with E-state index in [0.717, 1.165) is 25.2 Å².